The fourth-order valence-corrected chi connectivity index (χ4v) is 2.97. The van der Waals surface area contributed by atoms with E-state index in [4.69, 9.17) is 10.5 Å². The van der Waals surface area contributed by atoms with Gasteiger partial charge in [0.15, 0.2) is 0 Å². The maximum absolute atomic E-state index is 6.40. The van der Waals surface area contributed by atoms with Crippen LogP contribution in [0.4, 0.5) is 0 Å². The predicted molar refractivity (Wildman–Crippen MR) is 70.2 cm³/mol. The first-order valence-corrected chi connectivity index (χ1v) is 6.89. The summed E-state index contributed by atoms with van der Waals surface area (Å²) in [6.07, 6.45) is 8.18. The molecule has 1 aromatic rings. The minimum Gasteiger partial charge on any atom is -0.377 e. The van der Waals surface area contributed by atoms with E-state index in [-0.39, 0.29) is 11.6 Å². The number of methoxy groups -OCH3 is 1. The van der Waals surface area contributed by atoms with Crippen molar-refractivity contribution < 1.29 is 4.74 Å². The summed E-state index contributed by atoms with van der Waals surface area (Å²) in [5.74, 6) is 0.965. The second-order valence-electron chi connectivity index (χ2n) is 5.13. The van der Waals surface area contributed by atoms with E-state index >= 15 is 0 Å². The smallest absolute Gasteiger partial charge is 0.138 e. The van der Waals surface area contributed by atoms with E-state index in [0.29, 0.717) is 0 Å². The molecule has 1 fully saturated rings. The van der Waals surface area contributed by atoms with Crippen LogP contribution in [-0.2, 0) is 17.7 Å². The Morgan fingerprint density at radius 1 is 1.44 bits per heavy atom. The summed E-state index contributed by atoms with van der Waals surface area (Å²) in [5.41, 5.74) is 6.24. The lowest BCUT2D eigenvalue weighted by Crippen LogP contribution is -2.52. The number of nitrogens with two attached hydrogens (primary N) is 1. The Balaban J connectivity index is 2.07. The molecule has 0 amide bonds. The van der Waals surface area contributed by atoms with Crippen molar-refractivity contribution in [2.45, 2.75) is 63.6 Å². The first kappa shape index (κ1) is 13.5. The zero-order valence-corrected chi connectivity index (χ0v) is 11.4. The van der Waals surface area contributed by atoms with Crippen molar-refractivity contribution in [3.63, 3.8) is 0 Å². The third-order valence-corrected chi connectivity index (χ3v) is 4.18. The van der Waals surface area contributed by atoms with Crippen molar-refractivity contribution in [1.82, 2.24) is 14.8 Å². The van der Waals surface area contributed by atoms with Crippen LogP contribution in [0.15, 0.2) is 6.33 Å². The average Bonchev–Trinajstić information content (AvgIpc) is 2.86. The first-order valence-electron chi connectivity index (χ1n) is 6.89. The fourth-order valence-electron chi connectivity index (χ4n) is 2.97. The number of nitrogens with zero attached hydrogens (tertiary/aromatic N) is 3. The van der Waals surface area contributed by atoms with Crippen LogP contribution in [0.2, 0.25) is 0 Å². The fraction of sp³-hybridized carbons (Fsp3) is 0.846. The summed E-state index contributed by atoms with van der Waals surface area (Å²) in [6, 6.07) is -0.00250. The van der Waals surface area contributed by atoms with Crippen LogP contribution < -0.4 is 5.73 Å². The van der Waals surface area contributed by atoms with E-state index in [1.807, 2.05) is 4.68 Å². The van der Waals surface area contributed by atoms with Gasteiger partial charge in [-0.3, -0.25) is 4.68 Å². The van der Waals surface area contributed by atoms with Crippen molar-refractivity contribution in [1.29, 1.82) is 0 Å². The highest BCUT2D eigenvalue weighted by Gasteiger charge is 2.38. The highest BCUT2D eigenvalue weighted by Crippen LogP contribution is 2.34. The number of hydrogen-bond acceptors (Lipinski definition) is 4. The van der Waals surface area contributed by atoms with E-state index in [0.717, 1.165) is 31.6 Å². The zero-order chi connectivity index (χ0) is 13.0. The molecule has 1 aromatic heterocycles. The molecule has 18 heavy (non-hydrogen) atoms. The van der Waals surface area contributed by atoms with Gasteiger partial charge in [-0.25, -0.2) is 4.98 Å². The van der Waals surface area contributed by atoms with Gasteiger partial charge >= 0.3 is 0 Å². The number of aromatic nitrogens is 3. The Kier molecular flexibility index (Phi) is 4.35. The summed E-state index contributed by atoms with van der Waals surface area (Å²) in [4.78, 5) is 4.30. The standard InChI is InChI=1S/C13H24N4O/c1-3-17-12(15-10-16-17)9-11(14)13(18-2)7-5-4-6-8-13/h10-11H,3-9,14H2,1-2H3. The predicted octanol–water partition coefficient (Wildman–Crippen LogP) is 1.52. The quantitative estimate of drug-likeness (QED) is 0.862. The Morgan fingerprint density at radius 2 is 2.17 bits per heavy atom. The number of aryl methyl sites for hydroxylation is 1. The Labute approximate surface area is 109 Å². The summed E-state index contributed by atoms with van der Waals surface area (Å²) in [7, 11) is 1.79. The molecule has 1 aliphatic rings. The molecule has 2 rings (SSSR count). The number of hydrogen-bond donors (Lipinski definition) is 1. The molecule has 1 saturated carbocycles. The Hall–Kier alpha value is -0.940. The summed E-state index contributed by atoms with van der Waals surface area (Å²) in [6.45, 7) is 2.90. The third-order valence-electron chi connectivity index (χ3n) is 4.18. The van der Waals surface area contributed by atoms with Gasteiger partial charge in [0.2, 0.25) is 0 Å². The van der Waals surface area contributed by atoms with Crippen LogP contribution in [0, 0.1) is 0 Å². The molecule has 1 aliphatic carbocycles. The second-order valence-corrected chi connectivity index (χ2v) is 5.13. The Morgan fingerprint density at radius 3 is 2.78 bits per heavy atom. The van der Waals surface area contributed by atoms with Gasteiger partial charge in [-0.15, -0.1) is 0 Å². The largest absolute Gasteiger partial charge is 0.377 e. The van der Waals surface area contributed by atoms with Gasteiger partial charge in [-0.2, -0.15) is 5.10 Å². The van der Waals surface area contributed by atoms with E-state index in [2.05, 4.69) is 17.0 Å². The molecule has 0 radical (unpaired) electrons. The molecule has 1 unspecified atom stereocenters. The van der Waals surface area contributed by atoms with E-state index in [1.54, 1.807) is 13.4 Å². The van der Waals surface area contributed by atoms with E-state index in [9.17, 15) is 0 Å². The molecule has 102 valence electrons. The molecular weight excluding hydrogens is 228 g/mol. The van der Waals surface area contributed by atoms with Crippen molar-refractivity contribution in [2.75, 3.05) is 7.11 Å². The van der Waals surface area contributed by atoms with E-state index in [1.165, 1.54) is 19.3 Å². The molecule has 5 nitrogen and oxygen atoms in total. The molecule has 0 spiro atoms. The minimum absolute atomic E-state index is 0.00250. The SMILES string of the molecule is CCn1ncnc1CC(N)C1(OC)CCCCC1. The summed E-state index contributed by atoms with van der Waals surface area (Å²) < 4.78 is 7.69. The van der Waals surface area contributed by atoms with Gasteiger partial charge in [0, 0.05) is 26.1 Å². The van der Waals surface area contributed by atoms with E-state index < -0.39 is 0 Å². The van der Waals surface area contributed by atoms with Gasteiger partial charge in [-0.1, -0.05) is 19.3 Å². The maximum atomic E-state index is 6.40. The lowest BCUT2D eigenvalue weighted by molar-refractivity contribution is -0.0588. The molecule has 0 aliphatic heterocycles. The molecule has 1 heterocycles. The monoisotopic (exact) mass is 252 g/mol. The third kappa shape index (κ3) is 2.57. The van der Waals surface area contributed by atoms with Crippen LogP contribution in [0.5, 0.6) is 0 Å². The number of rotatable bonds is 5. The van der Waals surface area contributed by atoms with Gasteiger partial charge in [0.25, 0.3) is 0 Å². The molecule has 1 atom stereocenters. The number of ether oxygens (including phenoxy) is 1. The average molecular weight is 252 g/mol. The molecular formula is C13H24N4O. The molecule has 2 N–H and O–H groups in total. The normalized spacial score (nSPS) is 20.8. The molecule has 0 saturated heterocycles. The summed E-state index contributed by atoms with van der Waals surface area (Å²) >= 11 is 0. The lowest BCUT2D eigenvalue weighted by atomic mass is 9.78. The van der Waals surface area contributed by atoms with Gasteiger partial charge in [-0.05, 0) is 19.8 Å². The van der Waals surface area contributed by atoms with Crippen LogP contribution in [-0.4, -0.2) is 33.5 Å². The van der Waals surface area contributed by atoms with Gasteiger partial charge < -0.3 is 10.5 Å². The first-order chi connectivity index (χ1) is 8.72. The Bertz CT molecular complexity index is 371. The highest BCUT2D eigenvalue weighted by molar-refractivity contribution is 5.00. The van der Waals surface area contributed by atoms with Gasteiger partial charge in [0.05, 0.1) is 5.60 Å². The zero-order valence-electron chi connectivity index (χ0n) is 11.4. The van der Waals surface area contributed by atoms with Crippen LogP contribution in [0.25, 0.3) is 0 Å². The maximum Gasteiger partial charge on any atom is 0.138 e. The van der Waals surface area contributed by atoms with Crippen LogP contribution in [0.3, 0.4) is 0 Å². The van der Waals surface area contributed by atoms with Crippen molar-refractivity contribution >= 4 is 0 Å². The minimum atomic E-state index is -0.164. The highest BCUT2D eigenvalue weighted by atomic mass is 16.5. The van der Waals surface area contributed by atoms with Gasteiger partial charge in [0.1, 0.15) is 12.2 Å². The van der Waals surface area contributed by atoms with Crippen molar-refractivity contribution in [3.05, 3.63) is 12.2 Å². The topological polar surface area (TPSA) is 66.0 Å². The van der Waals surface area contributed by atoms with Crippen LogP contribution >= 0.6 is 0 Å². The summed E-state index contributed by atoms with van der Waals surface area (Å²) in [5, 5.41) is 4.19. The molecule has 0 aromatic carbocycles. The lowest BCUT2D eigenvalue weighted by Gasteiger charge is -2.40. The molecule has 0 bridgehead atoms. The van der Waals surface area contributed by atoms with Crippen molar-refractivity contribution in [2.24, 2.45) is 5.73 Å². The molecule has 5 heteroatoms. The van der Waals surface area contributed by atoms with Crippen LogP contribution in [0.1, 0.15) is 44.9 Å². The van der Waals surface area contributed by atoms with Crippen molar-refractivity contribution in [3.8, 4) is 0 Å². The second kappa shape index (κ2) is 5.80.